The Balaban J connectivity index is 0.000000320. The minimum atomic E-state index is -0.0942. The van der Waals surface area contributed by atoms with Gasteiger partial charge < -0.3 is 34.9 Å². The van der Waals surface area contributed by atoms with Gasteiger partial charge in [-0.15, -0.1) is 49.6 Å². The molecule has 17 heteroatoms. The first-order valence-corrected chi connectivity index (χ1v) is 30.1. The van der Waals surface area contributed by atoms with Crippen LogP contribution in [-0.2, 0) is 10.8 Å². The van der Waals surface area contributed by atoms with Crippen LogP contribution in [-0.4, -0.2) is 150 Å². The standard InChI is InChI=1S/2C31H41Cl2N3O.4ClH.H2O/c2*32-28-12-11-26(23-29(28)33)31(16-8-20-36(24-31)30(37)25-9-3-1-4-10-25)15-7-17-34-21-13-27(14-22-34)35-18-5-2-6-19-35;;;;;/h2*1,3-4,9-12,23,27H,2,5-8,13-22,24H2;4*1H;1H2. The van der Waals surface area contributed by atoms with Gasteiger partial charge in [0.2, 0.25) is 0 Å². The molecule has 440 valence electrons. The average Bonchev–Trinajstić information content (AvgIpc) is 3.54. The van der Waals surface area contributed by atoms with Gasteiger partial charge in [0.25, 0.3) is 11.8 Å². The molecule has 0 bridgehead atoms. The molecule has 2 atom stereocenters. The van der Waals surface area contributed by atoms with E-state index in [4.69, 9.17) is 46.4 Å². The number of hydrogen-bond acceptors (Lipinski definition) is 6. The van der Waals surface area contributed by atoms with Gasteiger partial charge in [-0.25, -0.2) is 0 Å². The molecular formula is C62H88Cl8N6O3. The largest absolute Gasteiger partial charge is 0.412 e. The van der Waals surface area contributed by atoms with E-state index in [-0.39, 0.29) is 77.7 Å². The molecule has 6 fully saturated rings. The molecule has 0 saturated carbocycles. The smallest absolute Gasteiger partial charge is 0.253 e. The third kappa shape index (κ3) is 18.5. The molecule has 6 aliphatic rings. The number of carbonyl (C=O) groups is 2. The fourth-order valence-corrected chi connectivity index (χ4v) is 14.4. The monoisotopic (exact) mass is 1240 g/mol. The lowest BCUT2D eigenvalue weighted by Crippen LogP contribution is -2.49. The van der Waals surface area contributed by atoms with Crippen LogP contribution in [0.3, 0.4) is 0 Å². The normalized spacial score (nSPS) is 22.8. The maximum atomic E-state index is 13.4. The molecule has 10 rings (SSSR count). The van der Waals surface area contributed by atoms with Crippen molar-refractivity contribution in [2.24, 2.45) is 0 Å². The maximum Gasteiger partial charge on any atom is 0.253 e. The van der Waals surface area contributed by atoms with Crippen LogP contribution in [0.4, 0.5) is 0 Å². The van der Waals surface area contributed by atoms with Crippen molar-refractivity contribution in [1.82, 2.24) is 29.4 Å². The first-order valence-electron chi connectivity index (χ1n) is 28.6. The summed E-state index contributed by atoms with van der Waals surface area (Å²) in [7, 11) is 0. The van der Waals surface area contributed by atoms with Gasteiger partial charge in [0.05, 0.1) is 20.1 Å². The predicted octanol–water partition coefficient (Wildman–Crippen LogP) is 14.7. The van der Waals surface area contributed by atoms with Gasteiger partial charge in [0.1, 0.15) is 0 Å². The fraction of sp³-hybridized carbons (Fsp3) is 0.581. The number of piperidine rings is 6. The van der Waals surface area contributed by atoms with E-state index in [1.165, 1.54) is 128 Å². The lowest BCUT2D eigenvalue weighted by molar-refractivity contribution is 0.0607. The van der Waals surface area contributed by atoms with Crippen LogP contribution < -0.4 is 0 Å². The van der Waals surface area contributed by atoms with Gasteiger partial charge >= 0.3 is 0 Å². The third-order valence-corrected chi connectivity index (χ3v) is 19.5. The average molecular weight is 1250 g/mol. The second kappa shape index (κ2) is 34.0. The summed E-state index contributed by atoms with van der Waals surface area (Å²) in [5.41, 5.74) is 3.78. The molecule has 6 heterocycles. The van der Waals surface area contributed by atoms with Crippen LogP contribution in [0.2, 0.25) is 20.1 Å². The summed E-state index contributed by atoms with van der Waals surface area (Å²) in [5.74, 6) is 0.258. The lowest BCUT2D eigenvalue weighted by Gasteiger charge is -2.44. The molecule has 0 aliphatic carbocycles. The van der Waals surface area contributed by atoms with Gasteiger partial charge in [0.15, 0.2) is 0 Å². The minimum Gasteiger partial charge on any atom is -0.412 e. The Morgan fingerprint density at radius 1 is 0.430 bits per heavy atom. The molecule has 0 aromatic heterocycles. The summed E-state index contributed by atoms with van der Waals surface area (Å²) >= 11 is 25.6. The summed E-state index contributed by atoms with van der Waals surface area (Å²) in [6.07, 6.45) is 22.0. The number of carbonyl (C=O) groups excluding carboxylic acids is 2. The third-order valence-electron chi connectivity index (χ3n) is 18.0. The molecule has 6 aliphatic heterocycles. The Labute approximate surface area is 518 Å². The Hall–Kier alpha value is -2.06. The van der Waals surface area contributed by atoms with E-state index in [1.807, 2.05) is 84.9 Å². The number of hydrogen-bond donors (Lipinski definition) is 0. The number of amides is 2. The van der Waals surface area contributed by atoms with Crippen LogP contribution >= 0.6 is 96.0 Å². The maximum absolute atomic E-state index is 13.4. The topological polar surface area (TPSA) is 85.1 Å². The summed E-state index contributed by atoms with van der Waals surface area (Å²) in [6, 6.07) is 33.2. The van der Waals surface area contributed by atoms with Crippen molar-refractivity contribution >= 4 is 108 Å². The van der Waals surface area contributed by atoms with E-state index in [2.05, 4.69) is 41.5 Å². The number of nitrogens with zero attached hydrogens (tertiary/aromatic N) is 6. The molecule has 0 spiro atoms. The Bertz CT molecular complexity index is 2250. The van der Waals surface area contributed by atoms with Gasteiger partial charge in [0, 0.05) is 60.2 Å². The molecule has 79 heavy (non-hydrogen) atoms. The number of rotatable bonds is 14. The van der Waals surface area contributed by atoms with Crippen molar-refractivity contribution < 1.29 is 15.1 Å². The number of halogens is 8. The Morgan fingerprint density at radius 3 is 1.13 bits per heavy atom. The SMILES string of the molecule is Cl.Cl.Cl.Cl.O.O=C(c1ccccc1)N1CCCC(CCCN2CCC(N3CCCCC3)CC2)(c2ccc(Cl)c(Cl)c2)C1.O=C(c1ccccc1)N1CCCC(CCCN2CCC(N3CCCCC3)CC2)(c2ccc(Cl)c(Cl)c2)C1. The second-order valence-corrected chi connectivity index (χ2v) is 24.4. The molecule has 4 aromatic rings. The number of likely N-dealkylation sites (tertiary alicyclic amines) is 6. The van der Waals surface area contributed by atoms with Crippen LogP contribution in [0.15, 0.2) is 97.1 Å². The van der Waals surface area contributed by atoms with E-state index in [0.29, 0.717) is 20.1 Å². The van der Waals surface area contributed by atoms with Crippen molar-refractivity contribution in [3.8, 4) is 0 Å². The first-order chi connectivity index (χ1) is 36.1. The molecule has 2 N–H and O–H groups in total. The van der Waals surface area contributed by atoms with Crippen LogP contribution in [0.1, 0.15) is 147 Å². The van der Waals surface area contributed by atoms with E-state index < -0.39 is 0 Å². The zero-order chi connectivity index (χ0) is 51.3. The van der Waals surface area contributed by atoms with Crippen LogP contribution in [0, 0.1) is 0 Å². The zero-order valence-corrected chi connectivity index (χ0v) is 52.5. The number of benzene rings is 4. The van der Waals surface area contributed by atoms with E-state index >= 15 is 0 Å². The second-order valence-electron chi connectivity index (χ2n) is 22.8. The fourth-order valence-electron chi connectivity index (χ4n) is 13.8. The summed E-state index contributed by atoms with van der Waals surface area (Å²) in [4.78, 5) is 41.7. The Morgan fingerprint density at radius 2 is 0.785 bits per heavy atom. The molecule has 0 radical (unpaired) electrons. The van der Waals surface area contributed by atoms with Crippen LogP contribution in [0.5, 0.6) is 0 Å². The van der Waals surface area contributed by atoms with Gasteiger partial charge in [-0.2, -0.15) is 0 Å². The summed E-state index contributed by atoms with van der Waals surface area (Å²) in [5, 5.41) is 2.38. The van der Waals surface area contributed by atoms with E-state index in [0.717, 1.165) is 114 Å². The van der Waals surface area contributed by atoms with Crippen molar-refractivity contribution in [2.45, 2.75) is 138 Å². The molecule has 6 saturated heterocycles. The highest BCUT2D eigenvalue weighted by Crippen LogP contribution is 2.43. The lowest BCUT2D eigenvalue weighted by atomic mass is 9.71. The van der Waals surface area contributed by atoms with E-state index in [9.17, 15) is 9.59 Å². The molecule has 4 aromatic carbocycles. The molecule has 2 unspecified atom stereocenters. The van der Waals surface area contributed by atoms with Crippen molar-refractivity contribution in [3.05, 3.63) is 139 Å². The van der Waals surface area contributed by atoms with Gasteiger partial charge in [-0.3, -0.25) is 9.59 Å². The minimum absolute atomic E-state index is 0. The van der Waals surface area contributed by atoms with Crippen molar-refractivity contribution in [1.29, 1.82) is 0 Å². The van der Waals surface area contributed by atoms with E-state index in [1.54, 1.807) is 0 Å². The quantitative estimate of drug-likeness (QED) is 0.125. The van der Waals surface area contributed by atoms with Crippen LogP contribution in [0.25, 0.3) is 0 Å². The van der Waals surface area contributed by atoms with Gasteiger partial charge in [-0.05, 0) is 228 Å². The van der Waals surface area contributed by atoms with Crippen molar-refractivity contribution in [2.75, 3.05) is 91.6 Å². The highest BCUT2D eigenvalue weighted by atomic mass is 35.5. The summed E-state index contributed by atoms with van der Waals surface area (Å²) in [6.45, 7) is 15.4. The molecular weight excluding hydrogens is 1160 g/mol. The summed E-state index contributed by atoms with van der Waals surface area (Å²) < 4.78 is 0. The van der Waals surface area contributed by atoms with Crippen molar-refractivity contribution in [3.63, 3.8) is 0 Å². The molecule has 2 amide bonds. The highest BCUT2D eigenvalue weighted by molar-refractivity contribution is 6.42. The predicted molar refractivity (Wildman–Crippen MR) is 340 cm³/mol. The molecule has 9 nitrogen and oxygen atoms in total. The highest BCUT2D eigenvalue weighted by Gasteiger charge is 2.41. The Kier molecular flexibility index (Phi) is 29.9. The van der Waals surface area contributed by atoms with Gasteiger partial charge in [-0.1, -0.05) is 108 Å². The first kappa shape index (κ1) is 69.4. The zero-order valence-electron chi connectivity index (χ0n) is 46.2.